The fourth-order valence-electron chi connectivity index (χ4n) is 1.70. The van der Waals surface area contributed by atoms with Crippen LogP contribution in [0.1, 0.15) is 30.6 Å². The first kappa shape index (κ1) is 15.3. The number of nitrogen functional groups attached to an aromatic ring is 1. The summed E-state index contributed by atoms with van der Waals surface area (Å²) in [6, 6.07) is 4.92. The van der Waals surface area contributed by atoms with Crippen molar-refractivity contribution in [3.8, 4) is 5.75 Å². The van der Waals surface area contributed by atoms with Gasteiger partial charge in [0.1, 0.15) is 5.75 Å². The topological polar surface area (TPSA) is 84.6 Å². The second-order valence-electron chi connectivity index (χ2n) is 5.28. The van der Waals surface area contributed by atoms with Crippen molar-refractivity contribution in [3.05, 3.63) is 23.8 Å². The number of methoxy groups -OCH3 is 1. The Morgan fingerprint density at radius 2 is 2.16 bits per heavy atom. The molecule has 0 atom stereocenters. The molecule has 1 amide bonds. The lowest BCUT2D eigenvalue weighted by Crippen LogP contribution is -2.34. The number of nitrogens with one attached hydrogen (secondary N) is 1. The molecule has 1 aromatic carbocycles. The molecule has 5 nitrogen and oxygen atoms in total. The molecule has 0 aliphatic rings. The molecule has 1 rings (SSSR count). The summed E-state index contributed by atoms with van der Waals surface area (Å²) >= 11 is 0. The van der Waals surface area contributed by atoms with E-state index >= 15 is 0 Å². The number of anilines is 1. The fraction of sp³-hybridized carbons (Fsp3) is 0.500. The van der Waals surface area contributed by atoms with E-state index in [1.54, 1.807) is 18.2 Å². The van der Waals surface area contributed by atoms with Crippen molar-refractivity contribution in [3.63, 3.8) is 0 Å². The van der Waals surface area contributed by atoms with Gasteiger partial charge in [0.05, 0.1) is 12.7 Å². The average molecular weight is 266 g/mol. The molecule has 5 heteroatoms. The van der Waals surface area contributed by atoms with Gasteiger partial charge in [0.15, 0.2) is 0 Å². The van der Waals surface area contributed by atoms with Gasteiger partial charge in [-0.1, -0.05) is 13.8 Å². The van der Waals surface area contributed by atoms with Crippen LogP contribution in [0.5, 0.6) is 5.75 Å². The molecule has 0 fully saturated rings. The third-order valence-electron chi connectivity index (χ3n) is 2.99. The van der Waals surface area contributed by atoms with Gasteiger partial charge in [-0.3, -0.25) is 4.79 Å². The number of carbonyl (C=O) groups excluding carboxylic acids is 1. The van der Waals surface area contributed by atoms with E-state index in [-0.39, 0.29) is 17.9 Å². The monoisotopic (exact) mass is 266 g/mol. The van der Waals surface area contributed by atoms with E-state index in [0.29, 0.717) is 30.0 Å². The lowest BCUT2D eigenvalue weighted by Gasteiger charge is -2.24. The molecule has 0 heterocycles. The third kappa shape index (κ3) is 4.44. The van der Waals surface area contributed by atoms with Crippen LogP contribution in [-0.2, 0) is 0 Å². The molecule has 1 aromatic rings. The molecule has 19 heavy (non-hydrogen) atoms. The summed E-state index contributed by atoms with van der Waals surface area (Å²) in [7, 11) is 1.50. The lowest BCUT2D eigenvalue weighted by atomic mass is 9.89. The van der Waals surface area contributed by atoms with Gasteiger partial charge in [0, 0.05) is 24.9 Å². The van der Waals surface area contributed by atoms with E-state index in [0.717, 1.165) is 0 Å². The summed E-state index contributed by atoms with van der Waals surface area (Å²) in [5.41, 5.74) is 6.50. The molecule has 0 saturated carbocycles. The first-order valence-electron chi connectivity index (χ1n) is 6.22. The van der Waals surface area contributed by atoms with E-state index in [4.69, 9.17) is 15.6 Å². The highest BCUT2D eigenvalue weighted by Crippen LogP contribution is 2.22. The Labute approximate surface area is 113 Å². The maximum atomic E-state index is 12.1. The maximum Gasteiger partial charge on any atom is 0.255 e. The Kier molecular flexibility index (Phi) is 5.18. The standard InChI is InChI=1S/C14H22N2O3/c1-14(2,6-7-17)9-16-13(18)11-5-4-10(15)8-12(11)19-3/h4-5,8,17H,6-7,9,15H2,1-3H3,(H,16,18). The van der Waals surface area contributed by atoms with Crippen LogP contribution in [0.2, 0.25) is 0 Å². The Morgan fingerprint density at radius 3 is 2.74 bits per heavy atom. The second-order valence-corrected chi connectivity index (χ2v) is 5.28. The zero-order valence-corrected chi connectivity index (χ0v) is 11.7. The molecule has 0 aliphatic carbocycles. The number of amides is 1. The molecule has 0 spiro atoms. The predicted octanol–water partition coefficient (Wildman–Crippen LogP) is 1.42. The molecule has 0 aliphatic heterocycles. The van der Waals surface area contributed by atoms with Gasteiger partial charge < -0.3 is 20.9 Å². The quantitative estimate of drug-likeness (QED) is 0.680. The molecular weight excluding hydrogens is 244 g/mol. The van der Waals surface area contributed by atoms with Crippen LogP contribution in [0.25, 0.3) is 0 Å². The normalized spacial score (nSPS) is 11.2. The number of carbonyl (C=O) groups is 1. The lowest BCUT2D eigenvalue weighted by molar-refractivity contribution is 0.0925. The maximum absolute atomic E-state index is 12.1. The summed E-state index contributed by atoms with van der Waals surface area (Å²) in [5, 5.41) is 11.8. The number of hydrogen-bond donors (Lipinski definition) is 3. The van der Waals surface area contributed by atoms with E-state index in [1.807, 2.05) is 13.8 Å². The molecule has 0 aromatic heterocycles. The predicted molar refractivity (Wildman–Crippen MR) is 75.2 cm³/mol. The van der Waals surface area contributed by atoms with E-state index in [1.165, 1.54) is 7.11 Å². The molecule has 0 saturated heterocycles. The summed E-state index contributed by atoms with van der Waals surface area (Å²) in [6.45, 7) is 4.57. The van der Waals surface area contributed by atoms with Gasteiger partial charge in [-0.15, -0.1) is 0 Å². The van der Waals surface area contributed by atoms with Gasteiger partial charge in [0.25, 0.3) is 5.91 Å². The Hall–Kier alpha value is -1.75. The summed E-state index contributed by atoms with van der Waals surface area (Å²) in [6.07, 6.45) is 0.631. The Morgan fingerprint density at radius 1 is 1.47 bits per heavy atom. The van der Waals surface area contributed by atoms with Crippen LogP contribution in [0.3, 0.4) is 0 Å². The van der Waals surface area contributed by atoms with E-state index in [9.17, 15) is 4.79 Å². The van der Waals surface area contributed by atoms with Crippen molar-refractivity contribution < 1.29 is 14.6 Å². The van der Waals surface area contributed by atoms with Gasteiger partial charge in [-0.05, 0) is 24.0 Å². The minimum atomic E-state index is -0.206. The van der Waals surface area contributed by atoms with Crippen molar-refractivity contribution in [1.29, 1.82) is 0 Å². The first-order valence-corrected chi connectivity index (χ1v) is 6.22. The van der Waals surface area contributed by atoms with Crippen LogP contribution in [0.15, 0.2) is 18.2 Å². The minimum absolute atomic E-state index is 0.105. The summed E-state index contributed by atoms with van der Waals surface area (Å²) < 4.78 is 5.15. The van der Waals surface area contributed by atoms with Gasteiger partial charge in [-0.25, -0.2) is 0 Å². The highest BCUT2D eigenvalue weighted by molar-refractivity contribution is 5.97. The van der Waals surface area contributed by atoms with Gasteiger partial charge in [0.2, 0.25) is 0 Å². The fourth-order valence-corrected chi connectivity index (χ4v) is 1.70. The number of rotatable bonds is 6. The average Bonchev–Trinajstić information content (AvgIpc) is 2.35. The third-order valence-corrected chi connectivity index (χ3v) is 2.99. The molecule has 106 valence electrons. The second kappa shape index (κ2) is 6.43. The van der Waals surface area contributed by atoms with Crippen LogP contribution in [-0.4, -0.2) is 31.3 Å². The number of benzene rings is 1. The van der Waals surface area contributed by atoms with E-state index < -0.39 is 0 Å². The molecule has 0 radical (unpaired) electrons. The van der Waals surface area contributed by atoms with Crippen molar-refractivity contribution in [2.45, 2.75) is 20.3 Å². The van der Waals surface area contributed by atoms with Crippen molar-refractivity contribution in [2.24, 2.45) is 5.41 Å². The number of aliphatic hydroxyl groups is 1. The number of hydrogen-bond acceptors (Lipinski definition) is 4. The van der Waals surface area contributed by atoms with Crippen molar-refractivity contribution in [2.75, 3.05) is 26.0 Å². The van der Waals surface area contributed by atoms with Gasteiger partial charge in [-0.2, -0.15) is 0 Å². The number of ether oxygens (including phenoxy) is 1. The molecule has 0 unspecified atom stereocenters. The van der Waals surface area contributed by atoms with Crippen LogP contribution in [0.4, 0.5) is 5.69 Å². The highest BCUT2D eigenvalue weighted by atomic mass is 16.5. The zero-order valence-electron chi connectivity index (χ0n) is 11.7. The molecule has 4 N–H and O–H groups in total. The summed E-state index contributed by atoms with van der Waals surface area (Å²) in [4.78, 5) is 12.1. The molecular formula is C14H22N2O3. The Bertz CT molecular complexity index is 444. The SMILES string of the molecule is COc1cc(N)ccc1C(=O)NCC(C)(C)CCO. The number of nitrogens with two attached hydrogens (primary N) is 1. The first-order chi connectivity index (χ1) is 8.89. The zero-order chi connectivity index (χ0) is 14.5. The van der Waals surface area contributed by atoms with Gasteiger partial charge >= 0.3 is 0 Å². The number of aliphatic hydroxyl groups excluding tert-OH is 1. The van der Waals surface area contributed by atoms with Crippen LogP contribution >= 0.6 is 0 Å². The minimum Gasteiger partial charge on any atom is -0.496 e. The van der Waals surface area contributed by atoms with E-state index in [2.05, 4.69) is 5.32 Å². The molecule has 0 bridgehead atoms. The Balaban J connectivity index is 2.74. The summed E-state index contributed by atoms with van der Waals surface area (Å²) in [5.74, 6) is 0.250. The van der Waals surface area contributed by atoms with Crippen molar-refractivity contribution >= 4 is 11.6 Å². The van der Waals surface area contributed by atoms with Crippen LogP contribution in [0, 0.1) is 5.41 Å². The van der Waals surface area contributed by atoms with Crippen LogP contribution < -0.4 is 15.8 Å². The largest absolute Gasteiger partial charge is 0.496 e. The smallest absolute Gasteiger partial charge is 0.255 e. The van der Waals surface area contributed by atoms with Crippen molar-refractivity contribution in [1.82, 2.24) is 5.32 Å². The highest BCUT2D eigenvalue weighted by Gasteiger charge is 2.20.